The van der Waals surface area contributed by atoms with E-state index in [2.05, 4.69) is 5.32 Å². The molecule has 1 saturated heterocycles. The number of hydrogen-bond acceptors (Lipinski definition) is 2. The molecule has 0 aromatic rings. The molecule has 3 nitrogen and oxygen atoms in total. The average Bonchev–Trinajstić information content (AvgIpc) is 2.43. The van der Waals surface area contributed by atoms with Gasteiger partial charge in [-0.05, 0) is 44.2 Å². The first-order chi connectivity index (χ1) is 9.83. The minimum absolute atomic E-state index is 0.127. The van der Waals surface area contributed by atoms with Gasteiger partial charge in [0, 0.05) is 13.0 Å². The Morgan fingerprint density at radius 1 is 1.43 bits per heavy atom. The number of piperidine rings is 1. The molecular weight excluding hydrogens is 281 g/mol. The summed E-state index contributed by atoms with van der Waals surface area (Å²) in [4.78, 5) is 13.2. The summed E-state index contributed by atoms with van der Waals surface area (Å²) in [6, 6.07) is 0. The number of hydrogen-bond donors (Lipinski definition) is 1. The molecule has 0 aliphatic carbocycles. The number of nitrogens with zero attached hydrogens (tertiary/aromatic N) is 1. The highest BCUT2D eigenvalue weighted by Gasteiger charge is 2.33. The first kappa shape index (κ1) is 18.3. The number of unbranched alkanes of at least 4 members (excludes halogenated alkanes) is 1. The van der Waals surface area contributed by atoms with Gasteiger partial charge in [-0.1, -0.05) is 20.3 Å². The monoisotopic (exact) mass is 308 g/mol. The molecular formula is C15H27F3N2O. The van der Waals surface area contributed by atoms with E-state index in [0.29, 0.717) is 12.3 Å². The Morgan fingerprint density at radius 3 is 2.67 bits per heavy atom. The molecule has 0 aromatic heterocycles. The maximum Gasteiger partial charge on any atom is 0.406 e. The Morgan fingerprint density at radius 2 is 2.14 bits per heavy atom. The zero-order valence-electron chi connectivity index (χ0n) is 13.0. The van der Waals surface area contributed by atoms with Gasteiger partial charge in [-0.3, -0.25) is 4.79 Å². The van der Waals surface area contributed by atoms with Gasteiger partial charge in [-0.25, -0.2) is 0 Å². The van der Waals surface area contributed by atoms with Crippen molar-refractivity contribution in [2.24, 2.45) is 11.8 Å². The molecule has 0 saturated carbocycles. The molecule has 1 fully saturated rings. The van der Waals surface area contributed by atoms with E-state index in [-0.39, 0.29) is 24.8 Å². The Bertz CT molecular complexity index is 315. The third kappa shape index (κ3) is 7.16. The smallest absolute Gasteiger partial charge is 0.334 e. The summed E-state index contributed by atoms with van der Waals surface area (Å²) >= 11 is 0. The van der Waals surface area contributed by atoms with Crippen molar-refractivity contribution < 1.29 is 18.0 Å². The molecule has 21 heavy (non-hydrogen) atoms. The summed E-state index contributed by atoms with van der Waals surface area (Å²) < 4.78 is 37.7. The summed E-state index contributed by atoms with van der Waals surface area (Å²) in [6.07, 6.45) is -0.586. The molecule has 6 heteroatoms. The van der Waals surface area contributed by atoms with Crippen LogP contribution in [-0.4, -0.2) is 43.2 Å². The van der Waals surface area contributed by atoms with Crippen molar-refractivity contribution in [2.45, 2.75) is 52.1 Å². The first-order valence-corrected chi connectivity index (χ1v) is 7.88. The third-order valence-corrected chi connectivity index (χ3v) is 4.14. The lowest BCUT2D eigenvalue weighted by molar-refractivity contribution is -0.162. The Hall–Kier alpha value is -0.780. The molecule has 0 bridgehead atoms. The van der Waals surface area contributed by atoms with Crippen molar-refractivity contribution in [3.8, 4) is 0 Å². The predicted molar refractivity (Wildman–Crippen MR) is 76.9 cm³/mol. The zero-order chi connectivity index (χ0) is 15.9. The van der Waals surface area contributed by atoms with Crippen molar-refractivity contribution in [3.63, 3.8) is 0 Å². The van der Waals surface area contributed by atoms with E-state index < -0.39 is 12.7 Å². The molecule has 2 unspecified atom stereocenters. The highest BCUT2D eigenvalue weighted by atomic mass is 19.4. The largest absolute Gasteiger partial charge is 0.406 e. The second kappa shape index (κ2) is 8.61. The van der Waals surface area contributed by atoms with Gasteiger partial charge in [0.05, 0.1) is 0 Å². The minimum atomic E-state index is -4.32. The molecule has 0 aromatic carbocycles. The van der Waals surface area contributed by atoms with Gasteiger partial charge in [-0.15, -0.1) is 0 Å². The second-order valence-corrected chi connectivity index (χ2v) is 6.07. The zero-order valence-corrected chi connectivity index (χ0v) is 13.0. The van der Waals surface area contributed by atoms with E-state index in [4.69, 9.17) is 0 Å². The van der Waals surface area contributed by atoms with Crippen LogP contribution in [0.1, 0.15) is 46.0 Å². The van der Waals surface area contributed by atoms with E-state index in [1.165, 1.54) is 0 Å². The number of amides is 1. The van der Waals surface area contributed by atoms with Crippen molar-refractivity contribution in [3.05, 3.63) is 0 Å². The van der Waals surface area contributed by atoms with Gasteiger partial charge < -0.3 is 10.2 Å². The number of nitrogens with one attached hydrogen (secondary N) is 1. The van der Waals surface area contributed by atoms with Crippen LogP contribution in [0.25, 0.3) is 0 Å². The summed E-state index contributed by atoms with van der Waals surface area (Å²) in [5.74, 6) is 0.156. The molecule has 2 atom stereocenters. The number of carbonyl (C=O) groups is 1. The first-order valence-electron chi connectivity index (χ1n) is 7.88. The van der Waals surface area contributed by atoms with Crippen LogP contribution >= 0.6 is 0 Å². The maximum absolute atomic E-state index is 12.6. The van der Waals surface area contributed by atoms with Gasteiger partial charge in [-0.2, -0.15) is 13.2 Å². The fraction of sp³-hybridized carbons (Fsp3) is 0.933. The standard InChI is InChI=1S/C15H27F3N2O/c1-3-4-8-20(11-15(16,17)18)14(21)9-12(2)13-6-5-7-19-10-13/h12-13,19H,3-11H2,1-2H3. The summed E-state index contributed by atoms with van der Waals surface area (Å²) in [6.45, 7) is 4.82. The highest BCUT2D eigenvalue weighted by Crippen LogP contribution is 2.24. The molecule has 0 radical (unpaired) electrons. The van der Waals surface area contributed by atoms with Crippen molar-refractivity contribution in [2.75, 3.05) is 26.2 Å². The number of alkyl halides is 3. The lowest BCUT2D eigenvalue weighted by atomic mass is 9.85. The van der Waals surface area contributed by atoms with Gasteiger partial charge >= 0.3 is 6.18 Å². The van der Waals surface area contributed by atoms with Gasteiger partial charge in [0.15, 0.2) is 0 Å². The number of halogens is 3. The van der Waals surface area contributed by atoms with Crippen molar-refractivity contribution in [1.82, 2.24) is 10.2 Å². The molecule has 1 rings (SSSR count). The molecule has 1 amide bonds. The Balaban J connectivity index is 2.53. The molecule has 1 N–H and O–H groups in total. The van der Waals surface area contributed by atoms with E-state index in [0.717, 1.165) is 37.3 Å². The molecule has 1 aliphatic rings. The van der Waals surface area contributed by atoms with Crippen molar-refractivity contribution >= 4 is 5.91 Å². The SMILES string of the molecule is CCCCN(CC(F)(F)F)C(=O)CC(C)C1CCCNC1. The Kier molecular flexibility index (Phi) is 7.49. The molecule has 0 spiro atoms. The van der Waals surface area contributed by atoms with Crippen LogP contribution in [0.2, 0.25) is 0 Å². The van der Waals surface area contributed by atoms with Crippen LogP contribution < -0.4 is 5.32 Å². The van der Waals surface area contributed by atoms with Crippen LogP contribution in [0.15, 0.2) is 0 Å². The minimum Gasteiger partial charge on any atom is -0.334 e. The van der Waals surface area contributed by atoms with Gasteiger partial charge in [0.1, 0.15) is 6.54 Å². The molecule has 1 heterocycles. The Labute approximate surface area is 125 Å². The van der Waals surface area contributed by atoms with E-state index in [1.54, 1.807) is 0 Å². The van der Waals surface area contributed by atoms with Gasteiger partial charge in [0.25, 0.3) is 0 Å². The fourth-order valence-corrected chi connectivity index (χ4v) is 2.79. The van der Waals surface area contributed by atoms with Crippen LogP contribution in [0.5, 0.6) is 0 Å². The van der Waals surface area contributed by atoms with Crippen LogP contribution in [0.3, 0.4) is 0 Å². The van der Waals surface area contributed by atoms with Crippen LogP contribution in [0.4, 0.5) is 13.2 Å². The van der Waals surface area contributed by atoms with Crippen LogP contribution in [-0.2, 0) is 4.79 Å². The van der Waals surface area contributed by atoms with Crippen LogP contribution in [0, 0.1) is 11.8 Å². The summed E-state index contributed by atoms with van der Waals surface area (Å²) in [5, 5.41) is 3.29. The van der Waals surface area contributed by atoms with E-state index in [1.807, 2.05) is 13.8 Å². The third-order valence-electron chi connectivity index (χ3n) is 4.14. The lowest BCUT2D eigenvalue weighted by Crippen LogP contribution is -2.41. The molecule has 124 valence electrons. The second-order valence-electron chi connectivity index (χ2n) is 6.07. The number of rotatable bonds is 7. The highest BCUT2D eigenvalue weighted by molar-refractivity contribution is 5.76. The van der Waals surface area contributed by atoms with Gasteiger partial charge in [0.2, 0.25) is 5.91 Å². The maximum atomic E-state index is 12.6. The average molecular weight is 308 g/mol. The molecule has 1 aliphatic heterocycles. The normalized spacial score (nSPS) is 21.1. The number of carbonyl (C=O) groups excluding carboxylic acids is 1. The predicted octanol–water partition coefficient (Wildman–Crippen LogP) is 3.20. The quantitative estimate of drug-likeness (QED) is 0.783. The topological polar surface area (TPSA) is 32.3 Å². The fourth-order valence-electron chi connectivity index (χ4n) is 2.79. The van der Waals surface area contributed by atoms with Crippen molar-refractivity contribution in [1.29, 1.82) is 0 Å². The summed E-state index contributed by atoms with van der Waals surface area (Å²) in [7, 11) is 0. The summed E-state index contributed by atoms with van der Waals surface area (Å²) in [5.41, 5.74) is 0. The van der Waals surface area contributed by atoms with E-state index >= 15 is 0 Å². The lowest BCUT2D eigenvalue weighted by Gasteiger charge is -2.30. The van der Waals surface area contributed by atoms with E-state index in [9.17, 15) is 18.0 Å².